The molecular formula is C24H20N2O3S. The molecule has 0 spiro atoms. The Hall–Kier alpha value is -3.25. The van der Waals surface area contributed by atoms with Crippen molar-refractivity contribution >= 4 is 22.7 Å². The summed E-state index contributed by atoms with van der Waals surface area (Å²) in [6, 6.07) is 23.4. The van der Waals surface area contributed by atoms with Gasteiger partial charge in [0, 0.05) is 5.75 Å². The number of rotatable bonds is 5. The number of ether oxygens (including phenoxy) is 2. The van der Waals surface area contributed by atoms with Crippen LogP contribution in [0.5, 0.6) is 11.5 Å². The second kappa shape index (κ2) is 7.88. The van der Waals surface area contributed by atoms with Crippen LogP contribution in [-0.4, -0.2) is 16.3 Å². The fraction of sp³-hybridized carbons (Fsp3) is 0.167. The van der Waals surface area contributed by atoms with Crippen molar-refractivity contribution in [2.75, 3.05) is 6.79 Å². The molecule has 0 radical (unpaired) electrons. The number of hydrogen-bond acceptors (Lipinski definition) is 5. The van der Waals surface area contributed by atoms with Crippen molar-refractivity contribution in [3.05, 3.63) is 94.3 Å². The van der Waals surface area contributed by atoms with E-state index in [1.165, 1.54) is 0 Å². The Morgan fingerprint density at radius 1 is 1.00 bits per heavy atom. The molecule has 150 valence electrons. The zero-order chi connectivity index (χ0) is 20.5. The molecule has 1 atom stereocenters. The molecule has 0 unspecified atom stereocenters. The molecule has 30 heavy (non-hydrogen) atoms. The van der Waals surface area contributed by atoms with E-state index >= 15 is 0 Å². The monoisotopic (exact) mass is 416 g/mol. The summed E-state index contributed by atoms with van der Waals surface area (Å²) in [5, 5.41) is 1.33. The molecule has 5 rings (SSSR count). The van der Waals surface area contributed by atoms with Crippen LogP contribution in [0, 0.1) is 0 Å². The van der Waals surface area contributed by atoms with E-state index in [9.17, 15) is 4.79 Å². The normalized spacial score (nSPS) is 13.5. The second-order valence-corrected chi connectivity index (χ2v) is 8.09. The van der Waals surface area contributed by atoms with Crippen LogP contribution in [0.2, 0.25) is 0 Å². The fourth-order valence-electron chi connectivity index (χ4n) is 3.63. The van der Waals surface area contributed by atoms with E-state index in [-0.39, 0.29) is 18.4 Å². The number of nitrogens with zero attached hydrogens (tertiary/aromatic N) is 2. The van der Waals surface area contributed by atoms with Gasteiger partial charge in [0.2, 0.25) is 6.79 Å². The molecule has 1 aliphatic rings. The van der Waals surface area contributed by atoms with Gasteiger partial charge in [-0.15, -0.1) is 0 Å². The predicted octanol–water partition coefficient (Wildman–Crippen LogP) is 5.03. The van der Waals surface area contributed by atoms with Crippen LogP contribution >= 0.6 is 11.8 Å². The van der Waals surface area contributed by atoms with Gasteiger partial charge in [0.15, 0.2) is 16.7 Å². The average molecular weight is 417 g/mol. The summed E-state index contributed by atoms with van der Waals surface area (Å²) in [5.74, 6) is 2.19. The average Bonchev–Trinajstić information content (AvgIpc) is 3.26. The van der Waals surface area contributed by atoms with Gasteiger partial charge in [-0.25, -0.2) is 4.98 Å². The largest absolute Gasteiger partial charge is 0.454 e. The molecule has 1 aliphatic heterocycles. The van der Waals surface area contributed by atoms with Gasteiger partial charge in [0.1, 0.15) is 0 Å². The van der Waals surface area contributed by atoms with Gasteiger partial charge in [0.05, 0.1) is 16.9 Å². The first-order chi connectivity index (χ1) is 14.7. The summed E-state index contributed by atoms with van der Waals surface area (Å²) >= 11 is 1.55. The number of thioether (sulfide) groups is 1. The molecule has 0 bridgehead atoms. The van der Waals surface area contributed by atoms with Gasteiger partial charge in [-0.05, 0) is 42.3 Å². The lowest BCUT2D eigenvalue weighted by Gasteiger charge is -2.20. The molecule has 0 saturated heterocycles. The lowest BCUT2D eigenvalue weighted by molar-refractivity contribution is 0.174. The SMILES string of the molecule is C[C@H](c1ccccc1)n1c(SCc2ccc3c(c2)OCO3)nc2ccccc2c1=O. The molecule has 1 aromatic heterocycles. The third-order valence-corrected chi connectivity index (χ3v) is 6.27. The van der Waals surface area contributed by atoms with Crippen LogP contribution in [0.4, 0.5) is 0 Å². The summed E-state index contributed by atoms with van der Waals surface area (Å²) in [6.45, 7) is 2.30. The Balaban J connectivity index is 1.55. The van der Waals surface area contributed by atoms with Crippen LogP contribution in [-0.2, 0) is 5.75 Å². The van der Waals surface area contributed by atoms with E-state index in [1.807, 2.05) is 79.7 Å². The molecule has 2 heterocycles. The summed E-state index contributed by atoms with van der Waals surface area (Å²) in [7, 11) is 0. The third-order valence-electron chi connectivity index (χ3n) is 5.25. The molecule has 0 N–H and O–H groups in total. The van der Waals surface area contributed by atoms with Crippen molar-refractivity contribution in [2.45, 2.75) is 23.9 Å². The standard InChI is InChI=1S/C24H20N2O3S/c1-16(18-7-3-2-4-8-18)26-23(27)19-9-5-6-10-20(19)25-24(26)30-14-17-11-12-21-22(13-17)29-15-28-21/h2-13,16H,14-15H2,1H3/t16-/m1/s1. The molecule has 0 amide bonds. The van der Waals surface area contributed by atoms with Gasteiger partial charge in [-0.3, -0.25) is 9.36 Å². The maximum absolute atomic E-state index is 13.4. The van der Waals surface area contributed by atoms with Gasteiger partial charge in [-0.1, -0.05) is 60.3 Å². The first-order valence-electron chi connectivity index (χ1n) is 9.78. The first kappa shape index (κ1) is 18.8. The number of para-hydroxylation sites is 1. The Bertz CT molecular complexity index is 1270. The summed E-state index contributed by atoms with van der Waals surface area (Å²) in [6.07, 6.45) is 0. The van der Waals surface area contributed by atoms with Crippen molar-refractivity contribution in [3.8, 4) is 11.5 Å². The second-order valence-electron chi connectivity index (χ2n) is 7.15. The van der Waals surface area contributed by atoms with Gasteiger partial charge in [0.25, 0.3) is 5.56 Å². The lowest BCUT2D eigenvalue weighted by atomic mass is 10.1. The highest BCUT2D eigenvalue weighted by Gasteiger charge is 2.19. The Morgan fingerprint density at radius 2 is 1.77 bits per heavy atom. The van der Waals surface area contributed by atoms with E-state index in [2.05, 4.69) is 0 Å². The topological polar surface area (TPSA) is 53.4 Å². The minimum atomic E-state index is -0.130. The fourth-order valence-corrected chi connectivity index (χ4v) is 4.65. The van der Waals surface area contributed by atoms with Crippen LogP contribution in [0.3, 0.4) is 0 Å². The highest BCUT2D eigenvalue weighted by Crippen LogP contribution is 2.34. The van der Waals surface area contributed by atoms with Gasteiger partial charge >= 0.3 is 0 Å². The number of hydrogen-bond donors (Lipinski definition) is 0. The quantitative estimate of drug-likeness (QED) is 0.337. The van der Waals surface area contributed by atoms with Crippen molar-refractivity contribution in [1.29, 1.82) is 0 Å². The highest BCUT2D eigenvalue weighted by atomic mass is 32.2. The van der Waals surface area contributed by atoms with Crippen LogP contribution in [0.25, 0.3) is 10.9 Å². The molecule has 0 saturated carbocycles. The van der Waals surface area contributed by atoms with Crippen LogP contribution in [0.1, 0.15) is 24.1 Å². The molecule has 0 aliphatic carbocycles. The zero-order valence-corrected chi connectivity index (χ0v) is 17.3. The van der Waals surface area contributed by atoms with E-state index in [0.717, 1.165) is 22.6 Å². The first-order valence-corrected chi connectivity index (χ1v) is 10.8. The number of aromatic nitrogens is 2. The maximum Gasteiger partial charge on any atom is 0.262 e. The molecular weight excluding hydrogens is 396 g/mol. The van der Waals surface area contributed by atoms with Crippen molar-refractivity contribution in [1.82, 2.24) is 9.55 Å². The van der Waals surface area contributed by atoms with E-state index < -0.39 is 0 Å². The number of fused-ring (bicyclic) bond motifs is 2. The van der Waals surface area contributed by atoms with E-state index in [4.69, 9.17) is 14.5 Å². The minimum Gasteiger partial charge on any atom is -0.454 e. The predicted molar refractivity (Wildman–Crippen MR) is 118 cm³/mol. The molecule has 0 fully saturated rings. The van der Waals surface area contributed by atoms with E-state index in [1.54, 1.807) is 16.3 Å². The number of benzene rings is 3. The Labute approximate surface area is 178 Å². The van der Waals surface area contributed by atoms with Crippen LogP contribution in [0.15, 0.2) is 82.7 Å². The third kappa shape index (κ3) is 3.44. The highest BCUT2D eigenvalue weighted by molar-refractivity contribution is 7.98. The maximum atomic E-state index is 13.4. The van der Waals surface area contributed by atoms with Crippen molar-refractivity contribution in [3.63, 3.8) is 0 Å². The molecule has 4 aromatic rings. The summed E-state index contributed by atoms with van der Waals surface area (Å²) in [5.41, 5.74) is 2.85. The van der Waals surface area contributed by atoms with E-state index in [0.29, 0.717) is 21.8 Å². The summed E-state index contributed by atoms with van der Waals surface area (Å²) in [4.78, 5) is 18.2. The molecule has 5 nitrogen and oxygen atoms in total. The van der Waals surface area contributed by atoms with Gasteiger partial charge in [-0.2, -0.15) is 0 Å². The Morgan fingerprint density at radius 3 is 2.63 bits per heavy atom. The van der Waals surface area contributed by atoms with Gasteiger partial charge < -0.3 is 9.47 Å². The molecule has 3 aromatic carbocycles. The zero-order valence-electron chi connectivity index (χ0n) is 16.4. The van der Waals surface area contributed by atoms with Crippen molar-refractivity contribution in [2.24, 2.45) is 0 Å². The smallest absolute Gasteiger partial charge is 0.262 e. The van der Waals surface area contributed by atoms with Crippen LogP contribution < -0.4 is 15.0 Å². The minimum absolute atomic E-state index is 0.0230. The molecule has 6 heteroatoms. The van der Waals surface area contributed by atoms with Crippen molar-refractivity contribution < 1.29 is 9.47 Å². The Kier molecular flexibility index (Phi) is 4.93. The summed E-state index contributed by atoms with van der Waals surface area (Å²) < 4.78 is 12.7. The lowest BCUT2D eigenvalue weighted by Crippen LogP contribution is -2.27.